The standard InChI is InChI=1S/C23H30N6/c1-24-23(25-13-10-21-18-29-14-6-5-9-22(29)26-21)27-20-11-15-28(16-12-20)17-19-7-3-2-4-8-19/h2-9,14,18,20H,10-13,15-17H2,1H3,(H2,24,25,27). The van der Waals surface area contributed by atoms with Gasteiger partial charge in [-0.15, -0.1) is 0 Å². The van der Waals surface area contributed by atoms with Gasteiger partial charge in [0.2, 0.25) is 0 Å². The van der Waals surface area contributed by atoms with E-state index in [-0.39, 0.29) is 0 Å². The monoisotopic (exact) mass is 390 g/mol. The van der Waals surface area contributed by atoms with Crippen LogP contribution in [0.1, 0.15) is 24.1 Å². The number of hydrogen-bond acceptors (Lipinski definition) is 3. The highest BCUT2D eigenvalue weighted by atomic mass is 15.2. The predicted molar refractivity (Wildman–Crippen MR) is 118 cm³/mol. The first-order chi connectivity index (χ1) is 14.3. The number of nitrogens with one attached hydrogen (secondary N) is 2. The smallest absolute Gasteiger partial charge is 0.191 e. The molecule has 0 atom stereocenters. The van der Waals surface area contributed by atoms with Gasteiger partial charge in [-0.1, -0.05) is 36.4 Å². The zero-order valence-corrected chi connectivity index (χ0v) is 17.1. The topological polar surface area (TPSA) is 57.0 Å². The fourth-order valence-corrected chi connectivity index (χ4v) is 3.88. The fraction of sp³-hybridized carbons (Fsp3) is 0.391. The van der Waals surface area contributed by atoms with Crippen molar-refractivity contribution in [2.45, 2.75) is 31.8 Å². The van der Waals surface area contributed by atoms with E-state index in [9.17, 15) is 0 Å². The third kappa shape index (κ3) is 5.35. The molecule has 1 aliphatic heterocycles. The van der Waals surface area contributed by atoms with Crippen LogP contribution in [0.3, 0.4) is 0 Å². The number of hydrogen-bond donors (Lipinski definition) is 2. The van der Waals surface area contributed by atoms with E-state index in [2.05, 4.69) is 66.4 Å². The number of likely N-dealkylation sites (tertiary alicyclic amines) is 1. The van der Waals surface area contributed by atoms with Gasteiger partial charge in [0.15, 0.2) is 5.96 Å². The maximum atomic E-state index is 4.65. The Hall–Kier alpha value is -2.86. The summed E-state index contributed by atoms with van der Waals surface area (Å²) in [6.07, 6.45) is 7.28. The second-order valence-corrected chi connectivity index (χ2v) is 7.63. The van der Waals surface area contributed by atoms with E-state index in [1.54, 1.807) is 0 Å². The Morgan fingerprint density at radius 1 is 1.10 bits per heavy atom. The van der Waals surface area contributed by atoms with Crippen LogP contribution in [0.25, 0.3) is 5.65 Å². The summed E-state index contributed by atoms with van der Waals surface area (Å²) < 4.78 is 2.06. The van der Waals surface area contributed by atoms with Crippen molar-refractivity contribution in [3.05, 3.63) is 72.2 Å². The fourth-order valence-electron chi connectivity index (χ4n) is 3.88. The molecule has 1 fully saturated rings. The van der Waals surface area contributed by atoms with Gasteiger partial charge in [-0.05, 0) is 30.5 Å². The number of fused-ring (bicyclic) bond motifs is 1. The van der Waals surface area contributed by atoms with Crippen molar-refractivity contribution in [3.8, 4) is 0 Å². The lowest BCUT2D eigenvalue weighted by Crippen LogP contribution is -2.48. The Balaban J connectivity index is 1.19. The summed E-state index contributed by atoms with van der Waals surface area (Å²) in [5.41, 5.74) is 3.48. The number of nitrogens with zero attached hydrogens (tertiary/aromatic N) is 4. The molecule has 2 aromatic heterocycles. The molecule has 3 aromatic rings. The molecule has 1 aliphatic rings. The van der Waals surface area contributed by atoms with Crippen LogP contribution in [-0.2, 0) is 13.0 Å². The molecule has 0 bridgehead atoms. The summed E-state index contributed by atoms with van der Waals surface area (Å²) in [5.74, 6) is 0.885. The lowest BCUT2D eigenvalue weighted by molar-refractivity contribution is 0.198. The Kier molecular flexibility index (Phi) is 6.42. The van der Waals surface area contributed by atoms with Crippen molar-refractivity contribution in [2.24, 2.45) is 4.99 Å². The van der Waals surface area contributed by atoms with Gasteiger partial charge in [-0.3, -0.25) is 9.89 Å². The molecule has 0 spiro atoms. The van der Waals surface area contributed by atoms with E-state index >= 15 is 0 Å². The van der Waals surface area contributed by atoms with Crippen LogP contribution in [0.5, 0.6) is 0 Å². The third-order valence-electron chi connectivity index (χ3n) is 5.49. The zero-order chi connectivity index (χ0) is 19.9. The van der Waals surface area contributed by atoms with E-state index in [1.807, 2.05) is 31.4 Å². The van der Waals surface area contributed by atoms with Crippen molar-refractivity contribution in [3.63, 3.8) is 0 Å². The minimum Gasteiger partial charge on any atom is -0.356 e. The van der Waals surface area contributed by atoms with Crippen LogP contribution in [0.15, 0.2) is 65.9 Å². The van der Waals surface area contributed by atoms with E-state index in [4.69, 9.17) is 0 Å². The molecule has 0 saturated carbocycles. The highest BCUT2D eigenvalue weighted by molar-refractivity contribution is 5.79. The summed E-state index contributed by atoms with van der Waals surface area (Å²) in [6, 6.07) is 17.3. The molecule has 2 N–H and O–H groups in total. The molecule has 1 aromatic carbocycles. The van der Waals surface area contributed by atoms with Crippen molar-refractivity contribution in [1.82, 2.24) is 24.9 Å². The van der Waals surface area contributed by atoms with Crippen LogP contribution in [0, 0.1) is 0 Å². The lowest BCUT2D eigenvalue weighted by Gasteiger charge is -2.33. The summed E-state index contributed by atoms with van der Waals surface area (Å²) in [5, 5.41) is 7.03. The maximum Gasteiger partial charge on any atom is 0.191 e. The number of aliphatic imine (C=N–C) groups is 1. The first kappa shape index (κ1) is 19.5. The molecule has 0 aliphatic carbocycles. The van der Waals surface area contributed by atoms with Gasteiger partial charge in [-0.2, -0.15) is 0 Å². The van der Waals surface area contributed by atoms with Crippen LogP contribution >= 0.6 is 0 Å². The predicted octanol–water partition coefficient (Wildman–Crippen LogP) is 2.71. The summed E-state index contributed by atoms with van der Waals surface area (Å²) in [6.45, 7) is 4.09. The van der Waals surface area contributed by atoms with Gasteiger partial charge in [0.1, 0.15) is 5.65 Å². The average molecular weight is 391 g/mol. The number of piperidine rings is 1. The van der Waals surface area contributed by atoms with Crippen molar-refractivity contribution in [1.29, 1.82) is 0 Å². The minimum atomic E-state index is 0.475. The molecule has 4 rings (SSSR count). The van der Waals surface area contributed by atoms with Gasteiger partial charge in [0, 0.05) is 58.1 Å². The Bertz CT molecular complexity index is 892. The largest absolute Gasteiger partial charge is 0.356 e. The molecule has 0 unspecified atom stereocenters. The van der Waals surface area contributed by atoms with Gasteiger partial charge in [0.05, 0.1) is 5.69 Å². The summed E-state index contributed by atoms with van der Waals surface area (Å²) in [7, 11) is 1.84. The zero-order valence-electron chi connectivity index (χ0n) is 17.1. The van der Waals surface area contributed by atoms with E-state index in [1.165, 1.54) is 5.56 Å². The molecular formula is C23H30N6. The summed E-state index contributed by atoms with van der Waals surface area (Å²) in [4.78, 5) is 11.6. The molecule has 0 radical (unpaired) electrons. The first-order valence-corrected chi connectivity index (χ1v) is 10.5. The quantitative estimate of drug-likeness (QED) is 0.502. The minimum absolute atomic E-state index is 0.475. The lowest BCUT2D eigenvalue weighted by atomic mass is 10.0. The molecule has 29 heavy (non-hydrogen) atoms. The second-order valence-electron chi connectivity index (χ2n) is 7.63. The van der Waals surface area contributed by atoms with Crippen LogP contribution < -0.4 is 10.6 Å². The number of guanidine groups is 1. The van der Waals surface area contributed by atoms with E-state index in [0.29, 0.717) is 6.04 Å². The van der Waals surface area contributed by atoms with E-state index < -0.39 is 0 Å². The van der Waals surface area contributed by atoms with Crippen molar-refractivity contribution < 1.29 is 0 Å². The molecule has 152 valence electrons. The van der Waals surface area contributed by atoms with Crippen molar-refractivity contribution >= 4 is 11.6 Å². The normalized spacial score (nSPS) is 16.2. The molecule has 6 heteroatoms. The van der Waals surface area contributed by atoms with Gasteiger partial charge >= 0.3 is 0 Å². The van der Waals surface area contributed by atoms with Crippen LogP contribution in [0.2, 0.25) is 0 Å². The number of benzene rings is 1. The third-order valence-corrected chi connectivity index (χ3v) is 5.49. The second kappa shape index (κ2) is 9.56. The maximum absolute atomic E-state index is 4.65. The Labute approximate surface area is 172 Å². The molecular weight excluding hydrogens is 360 g/mol. The highest BCUT2D eigenvalue weighted by Gasteiger charge is 2.20. The number of aromatic nitrogens is 2. The molecule has 0 amide bonds. The molecule has 3 heterocycles. The Morgan fingerprint density at radius 3 is 2.66 bits per heavy atom. The molecule has 1 saturated heterocycles. The summed E-state index contributed by atoms with van der Waals surface area (Å²) >= 11 is 0. The average Bonchev–Trinajstić information content (AvgIpc) is 3.18. The van der Waals surface area contributed by atoms with Gasteiger partial charge in [-0.25, -0.2) is 4.98 Å². The van der Waals surface area contributed by atoms with Gasteiger partial charge < -0.3 is 15.0 Å². The Morgan fingerprint density at radius 2 is 1.90 bits per heavy atom. The highest BCUT2D eigenvalue weighted by Crippen LogP contribution is 2.13. The van der Waals surface area contributed by atoms with Crippen molar-refractivity contribution in [2.75, 3.05) is 26.7 Å². The number of pyridine rings is 1. The first-order valence-electron chi connectivity index (χ1n) is 10.5. The van der Waals surface area contributed by atoms with E-state index in [0.717, 1.165) is 62.7 Å². The van der Waals surface area contributed by atoms with Crippen LogP contribution in [-0.4, -0.2) is 53.0 Å². The number of imidazole rings is 1. The number of rotatable bonds is 6. The van der Waals surface area contributed by atoms with Gasteiger partial charge in [0.25, 0.3) is 0 Å². The molecule has 6 nitrogen and oxygen atoms in total. The van der Waals surface area contributed by atoms with Crippen LogP contribution in [0.4, 0.5) is 0 Å². The SMILES string of the molecule is CN=C(NCCc1cn2ccccc2n1)NC1CCN(Cc2ccccc2)CC1.